The van der Waals surface area contributed by atoms with Gasteiger partial charge in [0.25, 0.3) is 0 Å². The van der Waals surface area contributed by atoms with E-state index in [1.54, 1.807) is 23.9 Å². The monoisotopic (exact) mass is 430 g/mol. The lowest BCUT2D eigenvalue weighted by atomic mass is 10.0. The number of piperidine rings is 1. The Morgan fingerprint density at radius 1 is 1.11 bits per heavy atom. The summed E-state index contributed by atoms with van der Waals surface area (Å²) in [7, 11) is -3.64. The predicted octanol–water partition coefficient (Wildman–Crippen LogP) is 4.52. The standard InChI is InChI=1S/C19H27ClN2O3S2/c20-17-10-9-15(21-19(23)14-26-16-7-3-1-4-8-16)13-18(17)27(24,25)22-11-5-2-6-12-22/h9-10,13,16H,1-8,11-12,14H2,(H,21,23). The second-order valence-electron chi connectivity index (χ2n) is 7.23. The molecule has 3 rings (SSSR count). The van der Waals surface area contributed by atoms with Crippen LogP contribution in [0.3, 0.4) is 0 Å². The number of nitrogens with one attached hydrogen (secondary N) is 1. The number of carbonyl (C=O) groups is 1. The molecule has 2 fully saturated rings. The molecule has 2 aliphatic rings. The molecular weight excluding hydrogens is 404 g/mol. The fraction of sp³-hybridized carbons (Fsp3) is 0.632. The van der Waals surface area contributed by atoms with E-state index in [9.17, 15) is 13.2 Å². The van der Waals surface area contributed by atoms with Crippen LogP contribution in [0.25, 0.3) is 0 Å². The third-order valence-electron chi connectivity index (χ3n) is 5.15. The van der Waals surface area contributed by atoms with Crippen LogP contribution in [0, 0.1) is 0 Å². The molecule has 27 heavy (non-hydrogen) atoms. The van der Waals surface area contributed by atoms with Gasteiger partial charge in [0.2, 0.25) is 15.9 Å². The lowest BCUT2D eigenvalue weighted by Gasteiger charge is -2.26. The van der Waals surface area contributed by atoms with Crippen LogP contribution in [0.1, 0.15) is 51.4 Å². The zero-order valence-electron chi connectivity index (χ0n) is 15.5. The van der Waals surface area contributed by atoms with E-state index in [1.807, 2.05) is 0 Å². The molecular formula is C19H27ClN2O3S2. The Bertz CT molecular complexity index is 758. The van der Waals surface area contributed by atoms with E-state index in [2.05, 4.69) is 5.32 Å². The van der Waals surface area contributed by atoms with Crippen molar-refractivity contribution in [1.29, 1.82) is 0 Å². The molecule has 1 amide bonds. The van der Waals surface area contributed by atoms with Gasteiger partial charge in [0, 0.05) is 24.0 Å². The minimum Gasteiger partial charge on any atom is -0.325 e. The van der Waals surface area contributed by atoms with Crippen LogP contribution in [-0.2, 0) is 14.8 Å². The summed E-state index contributed by atoms with van der Waals surface area (Å²) in [5.74, 6) is 0.288. The van der Waals surface area contributed by atoms with Crippen LogP contribution in [0.5, 0.6) is 0 Å². The molecule has 1 saturated carbocycles. The molecule has 0 bridgehead atoms. The summed E-state index contributed by atoms with van der Waals surface area (Å²) in [5, 5.41) is 3.57. The number of sulfonamides is 1. The lowest BCUT2D eigenvalue weighted by Crippen LogP contribution is -2.35. The molecule has 0 radical (unpaired) electrons. The van der Waals surface area contributed by atoms with Gasteiger partial charge >= 0.3 is 0 Å². The average Bonchev–Trinajstić information content (AvgIpc) is 2.69. The molecule has 1 aromatic carbocycles. The first-order chi connectivity index (χ1) is 13.0. The lowest BCUT2D eigenvalue weighted by molar-refractivity contribution is -0.113. The topological polar surface area (TPSA) is 66.5 Å². The molecule has 0 aromatic heterocycles. The van der Waals surface area contributed by atoms with Crippen molar-refractivity contribution in [1.82, 2.24) is 4.31 Å². The number of rotatable bonds is 6. The molecule has 0 unspecified atom stereocenters. The summed E-state index contributed by atoms with van der Waals surface area (Å²) in [6.45, 7) is 1.04. The van der Waals surface area contributed by atoms with Gasteiger partial charge in [-0.3, -0.25) is 4.79 Å². The van der Waals surface area contributed by atoms with Crippen LogP contribution in [0.4, 0.5) is 5.69 Å². The largest absolute Gasteiger partial charge is 0.325 e. The van der Waals surface area contributed by atoms with Crippen LogP contribution in [-0.4, -0.2) is 42.7 Å². The summed E-state index contributed by atoms with van der Waals surface area (Å²) in [4.78, 5) is 12.4. The third-order valence-corrected chi connectivity index (χ3v) is 8.90. The molecule has 150 valence electrons. The molecule has 1 N–H and O–H groups in total. The Balaban J connectivity index is 1.64. The number of anilines is 1. The van der Waals surface area contributed by atoms with Crippen LogP contribution >= 0.6 is 23.4 Å². The van der Waals surface area contributed by atoms with E-state index in [0.717, 1.165) is 19.3 Å². The summed E-state index contributed by atoms with van der Waals surface area (Å²) in [6.07, 6.45) is 8.92. The van der Waals surface area contributed by atoms with Gasteiger partial charge in [-0.05, 0) is 43.9 Å². The molecule has 1 heterocycles. The fourth-order valence-electron chi connectivity index (χ4n) is 3.65. The maximum Gasteiger partial charge on any atom is 0.244 e. The van der Waals surface area contributed by atoms with Gasteiger partial charge in [0.05, 0.1) is 10.8 Å². The molecule has 0 atom stereocenters. The van der Waals surface area contributed by atoms with E-state index in [0.29, 0.717) is 29.8 Å². The Morgan fingerprint density at radius 3 is 2.48 bits per heavy atom. The van der Waals surface area contributed by atoms with Gasteiger partial charge in [-0.1, -0.05) is 37.3 Å². The minimum absolute atomic E-state index is 0.0730. The van der Waals surface area contributed by atoms with Crippen molar-refractivity contribution < 1.29 is 13.2 Å². The smallest absolute Gasteiger partial charge is 0.244 e. The molecule has 1 saturated heterocycles. The Morgan fingerprint density at radius 2 is 1.78 bits per heavy atom. The second kappa shape index (κ2) is 9.63. The van der Waals surface area contributed by atoms with E-state index < -0.39 is 10.0 Å². The first kappa shape index (κ1) is 21.0. The zero-order valence-corrected chi connectivity index (χ0v) is 17.8. The van der Waals surface area contributed by atoms with Crippen molar-refractivity contribution >= 4 is 45.0 Å². The number of hydrogen-bond donors (Lipinski definition) is 1. The third kappa shape index (κ3) is 5.62. The molecule has 1 aliphatic heterocycles. The molecule has 8 heteroatoms. The van der Waals surface area contributed by atoms with Gasteiger partial charge in [0.15, 0.2) is 0 Å². The Labute approximate surface area is 171 Å². The normalized spacial score (nSPS) is 19.7. The first-order valence-corrected chi connectivity index (χ1v) is 12.5. The van der Waals surface area contributed by atoms with E-state index in [1.165, 1.54) is 42.5 Å². The van der Waals surface area contributed by atoms with Gasteiger partial charge in [0.1, 0.15) is 4.90 Å². The van der Waals surface area contributed by atoms with Gasteiger partial charge < -0.3 is 5.32 Å². The van der Waals surface area contributed by atoms with Crippen molar-refractivity contribution in [2.24, 2.45) is 0 Å². The van der Waals surface area contributed by atoms with E-state index in [-0.39, 0.29) is 15.8 Å². The maximum atomic E-state index is 12.9. The highest BCUT2D eigenvalue weighted by molar-refractivity contribution is 8.00. The van der Waals surface area contributed by atoms with Crippen LogP contribution in [0.15, 0.2) is 23.1 Å². The highest BCUT2D eigenvalue weighted by Gasteiger charge is 2.28. The molecule has 5 nitrogen and oxygen atoms in total. The Hall–Kier alpha value is -0.760. The number of nitrogens with zero attached hydrogens (tertiary/aromatic N) is 1. The van der Waals surface area contributed by atoms with Crippen LogP contribution < -0.4 is 5.32 Å². The van der Waals surface area contributed by atoms with Gasteiger partial charge in [-0.2, -0.15) is 4.31 Å². The number of benzene rings is 1. The van der Waals surface area contributed by atoms with Crippen LogP contribution in [0.2, 0.25) is 5.02 Å². The fourth-order valence-corrected chi connectivity index (χ4v) is 6.79. The quantitative estimate of drug-likeness (QED) is 0.720. The number of thioether (sulfide) groups is 1. The first-order valence-electron chi connectivity index (χ1n) is 9.68. The molecule has 1 aromatic rings. The highest BCUT2D eigenvalue weighted by atomic mass is 35.5. The summed E-state index contributed by atoms with van der Waals surface area (Å²) in [6, 6.07) is 4.68. The van der Waals surface area contributed by atoms with Crippen molar-refractivity contribution in [3.8, 4) is 0 Å². The second-order valence-corrected chi connectivity index (χ2v) is 10.8. The summed E-state index contributed by atoms with van der Waals surface area (Å²) in [5.41, 5.74) is 0.476. The number of hydrogen-bond acceptors (Lipinski definition) is 4. The molecule has 1 aliphatic carbocycles. The summed E-state index contributed by atoms with van der Waals surface area (Å²) < 4.78 is 27.3. The van der Waals surface area contributed by atoms with Crippen molar-refractivity contribution in [2.45, 2.75) is 61.5 Å². The number of carbonyl (C=O) groups excluding carboxylic acids is 1. The highest BCUT2D eigenvalue weighted by Crippen LogP contribution is 2.30. The SMILES string of the molecule is O=C(CSC1CCCCC1)Nc1ccc(Cl)c(S(=O)(=O)N2CCCCC2)c1. The molecule has 0 spiro atoms. The maximum absolute atomic E-state index is 12.9. The van der Waals surface area contributed by atoms with E-state index >= 15 is 0 Å². The number of amides is 1. The summed E-state index contributed by atoms with van der Waals surface area (Å²) >= 11 is 7.87. The van der Waals surface area contributed by atoms with E-state index in [4.69, 9.17) is 11.6 Å². The zero-order chi connectivity index (χ0) is 19.3. The Kier molecular flexibility index (Phi) is 7.48. The average molecular weight is 431 g/mol. The van der Waals surface area contributed by atoms with Crippen molar-refractivity contribution in [2.75, 3.05) is 24.2 Å². The van der Waals surface area contributed by atoms with Crippen molar-refractivity contribution in [3.05, 3.63) is 23.2 Å². The number of halogens is 1. The minimum atomic E-state index is -3.64. The van der Waals surface area contributed by atoms with Gasteiger partial charge in [-0.15, -0.1) is 11.8 Å². The van der Waals surface area contributed by atoms with Gasteiger partial charge in [-0.25, -0.2) is 8.42 Å². The van der Waals surface area contributed by atoms with Crippen molar-refractivity contribution in [3.63, 3.8) is 0 Å². The predicted molar refractivity (Wildman–Crippen MR) is 112 cm³/mol.